The molecule has 0 fully saturated rings. The number of carbonyl (C=O) groups excluding carboxylic acids is 1. The van der Waals surface area contributed by atoms with Gasteiger partial charge in [0.1, 0.15) is 11.4 Å². The number of rotatable bonds is 4. The van der Waals surface area contributed by atoms with Crippen LogP contribution in [0, 0.1) is 0 Å². The lowest BCUT2D eigenvalue weighted by Gasteiger charge is -2.08. The zero-order valence-corrected chi connectivity index (χ0v) is 11.1. The molecule has 0 bridgehead atoms. The first kappa shape index (κ1) is 15.0. The van der Waals surface area contributed by atoms with E-state index < -0.39 is 11.7 Å². The quantitative estimate of drug-likeness (QED) is 0.810. The smallest absolute Gasteiger partial charge is 0.416 e. The fourth-order valence-electron chi connectivity index (χ4n) is 1.85. The van der Waals surface area contributed by atoms with Crippen LogP contribution in [0.4, 0.5) is 13.2 Å². The van der Waals surface area contributed by atoms with Crippen molar-refractivity contribution in [1.29, 1.82) is 0 Å². The van der Waals surface area contributed by atoms with Crippen molar-refractivity contribution in [3.63, 3.8) is 0 Å². The van der Waals surface area contributed by atoms with E-state index in [9.17, 15) is 18.0 Å². The number of Topliss-reactive ketones (excluding diaryl/α,β-unsaturated/α-hetero) is 1. The number of aromatic nitrogens is 1. The first-order valence-electron chi connectivity index (χ1n) is 6.10. The van der Waals surface area contributed by atoms with Crippen molar-refractivity contribution in [3.05, 3.63) is 59.4 Å². The Morgan fingerprint density at radius 3 is 2.43 bits per heavy atom. The summed E-state index contributed by atoms with van der Waals surface area (Å²) < 4.78 is 42.4. The molecule has 2 aromatic rings. The van der Waals surface area contributed by atoms with Crippen LogP contribution in [0.1, 0.15) is 21.6 Å². The van der Waals surface area contributed by atoms with E-state index >= 15 is 0 Å². The first-order valence-corrected chi connectivity index (χ1v) is 6.10. The maximum absolute atomic E-state index is 12.5. The van der Waals surface area contributed by atoms with Gasteiger partial charge < -0.3 is 4.74 Å². The number of alkyl halides is 3. The molecular weight excluding hydrogens is 283 g/mol. The number of ether oxygens (including phenoxy) is 1. The Bertz CT molecular complexity index is 636. The van der Waals surface area contributed by atoms with Crippen molar-refractivity contribution < 1.29 is 22.7 Å². The number of hydrogen-bond donors (Lipinski definition) is 0. The molecule has 1 aromatic heterocycles. The Morgan fingerprint density at radius 1 is 1.19 bits per heavy atom. The highest BCUT2D eigenvalue weighted by molar-refractivity contribution is 5.98. The van der Waals surface area contributed by atoms with Gasteiger partial charge in [-0.2, -0.15) is 13.2 Å². The summed E-state index contributed by atoms with van der Waals surface area (Å²) >= 11 is 0. The van der Waals surface area contributed by atoms with Crippen molar-refractivity contribution in [2.75, 3.05) is 7.11 Å². The molecule has 0 aliphatic carbocycles. The molecule has 0 saturated carbocycles. The minimum atomic E-state index is -4.38. The fourth-order valence-corrected chi connectivity index (χ4v) is 1.85. The molecule has 0 unspecified atom stereocenters. The van der Waals surface area contributed by atoms with E-state index in [1.165, 1.54) is 25.4 Å². The van der Waals surface area contributed by atoms with Gasteiger partial charge in [-0.3, -0.25) is 4.79 Å². The van der Waals surface area contributed by atoms with Crippen LogP contribution in [-0.4, -0.2) is 17.9 Å². The molecule has 2 rings (SSSR count). The number of nitrogens with zero attached hydrogens (tertiary/aromatic N) is 1. The molecule has 0 spiro atoms. The van der Waals surface area contributed by atoms with Crippen LogP contribution in [-0.2, 0) is 12.6 Å². The fraction of sp³-hybridized carbons (Fsp3) is 0.200. The lowest BCUT2D eigenvalue weighted by molar-refractivity contribution is -0.137. The molecule has 21 heavy (non-hydrogen) atoms. The van der Waals surface area contributed by atoms with Crippen molar-refractivity contribution in [2.24, 2.45) is 0 Å². The van der Waals surface area contributed by atoms with E-state index in [0.29, 0.717) is 11.3 Å². The highest BCUT2D eigenvalue weighted by Crippen LogP contribution is 2.29. The molecule has 6 heteroatoms. The van der Waals surface area contributed by atoms with E-state index in [1.54, 1.807) is 12.1 Å². The Morgan fingerprint density at radius 2 is 1.86 bits per heavy atom. The molecule has 0 atom stereocenters. The molecule has 0 radical (unpaired) electrons. The van der Waals surface area contributed by atoms with Crippen LogP contribution in [0.25, 0.3) is 0 Å². The standard InChI is InChI=1S/C15H12F3NO2/c1-21-13-3-2-8-19-14(13)12(20)9-10-4-6-11(7-5-10)15(16,17)18/h2-8H,9H2,1H3. The monoisotopic (exact) mass is 295 g/mol. The van der Waals surface area contributed by atoms with Gasteiger partial charge in [-0.05, 0) is 29.8 Å². The number of pyridine rings is 1. The van der Waals surface area contributed by atoms with Gasteiger partial charge in [0.25, 0.3) is 0 Å². The number of hydrogen-bond acceptors (Lipinski definition) is 3. The van der Waals surface area contributed by atoms with Crippen LogP contribution < -0.4 is 4.74 Å². The number of carbonyl (C=O) groups is 1. The second-order valence-corrected chi connectivity index (χ2v) is 4.35. The Balaban J connectivity index is 2.16. The molecule has 110 valence electrons. The Hall–Kier alpha value is -2.37. The number of methoxy groups -OCH3 is 1. The average Bonchev–Trinajstić information content (AvgIpc) is 2.46. The SMILES string of the molecule is COc1cccnc1C(=O)Cc1ccc(C(F)(F)F)cc1. The second kappa shape index (κ2) is 5.95. The van der Waals surface area contributed by atoms with Crippen molar-refractivity contribution in [2.45, 2.75) is 12.6 Å². The Labute approximate surface area is 119 Å². The zero-order valence-electron chi connectivity index (χ0n) is 11.1. The summed E-state index contributed by atoms with van der Waals surface area (Å²) in [4.78, 5) is 16.1. The van der Waals surface area contributed by atoms with Gasteiger partial charge >= 0.3 is 6.18 Å². The van der Waals surface area contributed by atoms with Crippen LogP contribution >= 0.6 is 0 Å². The summed E-state index contributed by atoms with van der Waals surface area (Å²) in [5.74, 6) is 0.0293. The molecule has 0 saturated heterocycles. The van der Waals surface area contributed by atoms with Gasteiger partial charge in [-0.1, -0.05) is 12.1 Å². The van der Waals surface area contributed by atoms with E-state index in [2.05, 4.69) is 4.98 Å². The first-order chi connectivity index (χ1) is 9.91. The summed E-state index contributed by atoms with van der Waals surface area (Å²) in [5, 5.41) is 0. The summed E-state index contributed by atoms with van der Waals surface area (Å²) in [6, 6.07) is 7.73. The lowest BCUT2D eigenvalue weighted by Crippen LogP contribution is -2.09. The number of ketones is 1. The van der Waals surface area contributed by atoms with E-state index in [4.69, 9.17) is 4.74 Å². The normalized spacial score (nSPS) is 11.2. The second-order valence-electron chi connectivity index (χ2n) is 4.35. The predicted octanol–water partition coefficient (Wildman–Crippen LogP) is 3.53. The van der Waals surface area contributed by atoms with Crippen LogP contribution in [0.5, 0.6) is 5.75 Å². The summed E-state index contributed by atoms with van der Waals surface area (Å²) in [5.41, 5.74) is -0.0882. The van der Waals surface area contributed by atoms with Gasteiger partial charge in [-0.15, -0.1) is 0 Å². The van der Waals surface area contributed by atoms with Crippen LogP contribution in [0.3, 0.4) is 0 Å². The molecule has 3 nitrogen and oxygen atoms in total. The van der Waals surface area contributed by atoms with E-state index in [0.717, 1.165) is 12.1 Å². The highest BCUT2D eigenvalue weighted by Gasteiger charge is 2.30. The summed E-state index contributed by atoms with van der Waals surface area (Å²) in [7, 11) is 1.42. The molecule has 0 amide bonds. The molecular formula is C15H12F3NO2. The minimum Gasteiger partial charge on any atom is -0.494 e. The maximum Gasteiger partial charge on any atom is 0.416 e. The lowest BCUT2D eigenvalue weighted by atomic mass is 10.0. The van der Waals surface area contributed by atoms with Gasteiger partial charge in [0.15, 0.2) is 5.78 Å². The van der Waals surface area contributed by atoms with Gasteiger partial charge in [0.05, 0.1) is 12.7 Å². The molecule has 0 aliphatic heterocycles. The van der Waals surface area contributed by atoms with Gasteiger partial charge in [0, 0.05) is 12.6 Å². The highest BCUT2D eigenvalue weighted by atomic mass is 19.4. The van der Waals surface area contributed by atoms with Crippen LogP contribution in [0.15, 0.2) is 42.6 Å². The topological polar surface area (TPSA) is 39.2 Å². The third-order valence-corrected chi connectivity index (χ3v) is 2.90. The number of benzene rings is 1. The zero-order chi connectivity index (χ0) is 15.5. The third kappa shape index (κ3) is 3.59. The molecule has 0 N–H and O–H groups in total. The van der Waals surface area contributed by atoms with Gasteiger partial charge in [0.2, 0.25) is 0 Å². The summed E-state index contributed by atoms with van der Waals surface area (Å²) in [6.07, 6.45) is -2.96. The molecule has 1 heterocycles. The van der Waals surface area contributed by atoms with Crippen molar-refractivity contribution in [3.8, 4) is 5.75 Å². The number of halogens is 3. The van der Waals surface area contributed by atoms with E-state index in [-0.39, 0.29) is 17.9 Å². The maximum atomic E-state index is 12.5. The van der Waals surface area contributed by atoms with E-state index in [1.807, 2.05) is 0 Å². The third-order valence-electron chi connectivity index (χ3n) is 2.90. The predicted molar refractivity (Wildman–Crippen MR) is 70.3 cm³/mol. The van der Waals surface area contributed by atoms with Crippen molar-refractivity contribution >= 4 is 5.78 Å². The minimum absolute atomic E-state index is 0.0362. The Kier molecular flexibility index (Phi) is 4.26. The molecule has 0 aliphatic rings. The largest absolute Gasteiger partial charge is 0.494 e. The van der Waals surface area contributed by atoms with Gasteiger partial charge in [-0.25, -0.2) is 4.98 Å². The summed E-state index contributed by atoms with van der Waals surface area (Å²) in [6.45, 7) is 0. The van der Waals surface area contributed by atoms with Crippen molar-refractivity contribution in [1.82, 2.24) is 4.98 Å². The van der Waals surface area contributed by atoms with Crippen LogP contribution in [0.2, 0.25) is 0 Å². The average molecular weight is 295 g/mol. The molecule has 1 aromatic carbocycles.